The highest BCUT2D eigenvalue weighted by atomic mass is 19.2. The van der Waals surface area contributed by atoms with E-state index in [4.69, 9.17) is 0 Å². The number of halogens is 2. The Morgan fingerprint density at radius 2 is 2.00 bits per heavy atom. The van der Waals surface area contributed by atoms with Crippen LogP contribution in [-0.4, -0.2) is 15.3 Å². The summed E-state index contributed by atoms with van der Waals surface area (Å²) in [7, 11) is 0. The summed E-state index contributed by atoms with van der Waals surface area (Å²) in [5, 5.41) is 2.61. The van der Waals surface area contributed by atoms with Crippen LogP contribution in [0.25, 0.3) is 5.65 Å². The molecule has 0 aliphatic heterocycles. The summed E-state index contributed by atoms with van der Waals surface area (Å²) < 4.78 is 28.1. The largest absolute Gasteiger partial charge is 0.321 e. The molecule has 0 radical (unpaired) electrons. The van der Waals surface area contributed by atoms with Gasteiger partial charge in [-0.25, -0.2) is 13.8 Å². The number of fused-ring (bicyclic) bond motifs is 1. The van der Waals surface area contributed by atoms with E-state index in [1.54, 1.807) is 10.6 Å². The summed E-state index contributed by atoms with van der Waals surface area (Å²) in [5.74, 6) is -2.36. The van der Waals surface area contributed by atoms with Gasteiger partial charge in [-0.05, 0) is 43.2 Å². The maximum Gasteiger partial charge on any atom is 0.274 e. The zero-order valence-electron chi connectivity index (χ0n) is 13.4. The summed E-state index contributed by atoms with van der Waals surface area (Å²) >= 11 is 0. The number of amides is 1. The van der Waals surface area contributed by atoms with E-state index in [1.165, 1.54) is 6.07 Å². The molecule has 0 aliphatic carbocycles. The molecular formula is C18H17F2N3O. The number of nitrogens with one attached hydrogen (secondary N) is 1. The van der Waals surface area contributed by atoms with Gasteiger partial charge >= 0.3 is 0 Å². The Labute approximate surface area is 138 Å². The van der Waals surface area contributed by atoms with Crippen molar-refractivity contribution >= 4 is 17.2 Å². The van der Waals surface area contributed by atoms with Gasteiger partial charge in [0.05, 0.1) is 5.69 Å². The fourth-order valence-corrected chi connectivity index (χ4v) is 2.61. The molecule has 0 unspecified atom stereocenters. The van der Waals surface area contributed by atoms with E-state index in [2.05, 4.69) is 10.3 Å². The van der Waals surface area contributed by atoms with Gasteiger partial charge in [0.15, 0.2) is 11.6 Å². The molecule has 0 saturated carbocycles. The number of benzene rings is 1. The first-order chi connectivity index (χ1) is 11.5. The van der Waals surface area contributed by atoms with E-state index in [0.717, 1.165) is 24.1 Å². The highest BCUT2D eigenvalue weighted by Crippen LogP contribution is 2.19. The molecule has 4 nitrogen and oxygen atoms in total. The van der Waals surface area contributed by atoms with E-state index in [-0.39, 0.29) is 5.69 Å². The topological polar surface area (TPSA) is 46.4 Å². The van der Waals surface area contributed by atoms with Crippen LogP contribution in [0.4, 0.5) is 14.5 Å². The van der Waals surface area contributed by atoms with Crippen LogP contribution < -0.4 is 5.32 Å². The number of hydrogen-bond donors (Lipinski definition) is 1. The maximum atomic E-state index is 13.3. The molecule has 124 valence electrons. The lowest BCUT2D eigenvalue weighted by molar-refractivity contribution is 0.102. The summed E-state index contributed by atoms with van der Waals surface area (Å²) in [4.78, 5) is 17.2. The number of carbonyl (C=O) groups excluding carboxylic acids is 1. The lowest BCUT2D eigenvalue weighted by atomic mass is 10.2. The highest BCUT2D eigenvalue weighted by Gasteiger charge is 2.19. The number of pyridine rings is 1. The lowest BCUT2D eigenvalue weighted by Crippen LogP contribution is -2.16. The third-order valence-corrected chi connectivity index (χ3v) is 3.73. The van der Waals surface area contributed by atoms with Crippen LogP contribution in [0.15, 0.2) is 36.5 Å². The van der Waals surface area contributed by atoms with Crippen molar-refractivity contribution in [3.05, 3.63) is 65.1 Å². The van der Waals surface area contributed by atoms with Gasteiger partial charge in [-0.2, -0.15) is 0 Å². The summed E-state index contributed by atoms with van der Waals surface area (Å²) in [6.45, 7) is 3.96. The minimum Gasteiger partial charge on any atom is -0.321 e. The Balaban J connectivity index is 2.01. The van der Waals surface area contributed by atoms with Crippen LogP contribution >= 0.6 is 0 Å². The van der Waals surface area contributed by atoms with Crippen molar-refractivity contribution in [3.8, 4) is 0 Å². The zero-order valence-corrected chi connectivity index (χ0v) is 13.4. The minimum absolute atomic E-state index is 0.198. The number of imidazole rings is 1. The molecule has 0 saturated heterocycles. The molecular weight excluding hydrogens is 312 g/mol. The Bertz CT molecular complexity index is 918. The van der Waals surface area contributed by atoms with Gasteiger partial charge in [-0.1, -0.05) is 13.3 Å². The second-order valence-corrected chi connectivity index (χ2v) is 5.67. The van der Waals surface area contributed by atoms with Crippen LogP contribution in [0.3, 0.4) is 0 Å². The molecule has 0 spiro atoms. The van der Waals surface area contributed by atoms with E-state index < -0.39 is 17.5 Å². The first-order valence-electron chi connectivity index (χ1n) is 7.73. The van der Waals surface area contributed by atoms with Crippen LogP contribution in [0, 0.1) is 18.6 Å². The standard InChI is InChI=1S/C18H17F2N3O/c1-3-4-15-17(23-8-7-11(2)9-16(23)22-15)18(24)21-12-5-6-13(19)14(20)10-12/h5-10H,3-4H2,1-2H3,(H,21,24). The Kier molecular flexibility index (Phi) is 4.29. The fourth-order valence-electron chi connectivity index (χ4n) is 2.61. The average Bonchev–Trinajstić information content (AvgIpc) is 2.88. The average molecular weight is 329 g/mol. The van der Waals surface area contributed by atoms with E-state index >= 15 is 0 Å². The predicted molar refractivity (Wildman–Crippen MR) is 88.2 cm³/mol. The first-order valence-corrected chi connectivity index (χ1v) is 7.73. The quantitative estimate of drug-likeness (QED) is 0.782. The minimum atomic E-state index is -1.00. The molecule has 3 rings (SSSR count). The smallest absolute Gasteiger partial charge is 0.274 e. The number of hydrogen-bond acceptors (Lipinski definition) is 2. The highest BCUT2D eigenvalue weighted by molar-refractivity contribution is 6.04. The Morgan fingerprint density at radius 3 is 2.71 bits per heavy atom. The SMILES string of the molecule is CCCc1nc2cc(C)ccn2c1C(=O)Nc1ccc(F)c(F)c1. The molecule has 0 aliphatic rings. The number of carbonyl (C=O) groups is 1. The maximum absolute atomic E-state index is 13.3. The first kappa shape index (κ1) is 16.1. The van der Waals surface area contributed by atoms with Gasteiger partial charge in [0.1, 0.15) is 11.3 Å². The summed E-state index contributed by atoms with van der Waals surface area (Å²) in [5.41, 5.74) is 3.03. The van der Waals surface area contributed by atoms with Crippen LogP contribution in [0.1, 0.15) is 35.1 Å². The zero-order chi connectivity index (χ0) is 17.3. The molecule has 1 aromatic carbocycles. The van der Waals surface area contributed by atoms with Gasteiger partial charge in [-0.15, -0.1) is 0 Å². The molecule has 0 atom stereocenters. The number of nitrogens with zero attached hydrogens (tertiary/aromatic N) is 2. The number of rotatable bonds is 4. The normalized spacial score (nSPS) is 11.0. The molecule has 2 aromatic heterocycles. The van der Waals surface area contributed by atoms with E-state index in [0.29, 0.717) is 23.5 Å². The van der Waals surface area contributed by atoms with Crippen molar-refractivity contribution in [2.75, 3.05) is 5.32 Å². The van der Waals surface area contributed by atoms with Crippen molar-refractivity contribution in [2.24, 2.45) is 0 Å². The van der Waals surface area contributed by atoms with Crippen molar-refractivity contribution in [1.29, 1.82) is 0 Å². The Hall–Kier alpha value is -2.76. The van der Waals surface area contributed by atoms with Crippen LogP contribution in [0.5, 0.6) is 0 Å². The van der Waals surface area contributed by atoms with Crippen molar-refractivity contribution in [2.45, 2.75) is 26.7 Å². The monoisotopic (exact) mass is 329 g/mol. The summed E-state index contributed by atoms with van der Waals surface area (Å²) in [6.07, 6.45) is 3.28. The lowest BCUT2D eigenvalue weighted by Gasteiger charge is -2.07. The van der Waals surface area contributed by atoms with Gasteiger partial charge < -0.3 is 5.32 Å². The second kappa shape index (κ2) is 6.39. The third kappa shape index (κ3) is 2.99. The fraction of sp³-hybridized carbons (Fsp3) is 0.222. The Morgan fingerprint density at radius 1 is 1.21 bits per heavy atom. The molecule has 2 heterocycles. The van der Waals surface area contributed by atoms with Crippen LogP contribution in [0.2, 0.25) is 0 Å². The number of anilines is 1. The van der Waals surface area contributed by atoms with Gasteiger partial charge in [0.2, 0.25) is 0 Å². The van der Waals surface area contributed by atoms with Gasteiger partial charge in [-0.3, -0.25) is 9.20 Å². The van der Waals surface area contributed by atoms with Crippen molar-refractivity contribution < 1.29 is 13.6 Å². The molecule has 3 aromatic rings. The predicted octanol–water partition coefficient (Wildman–Crippen LogP) is 4.13. The van der Waals surface area contributed by atoms with Gasteiger partial charge in [0, 0.05) is 18.0 Å². The molecule has 1 amide bonds. The molecule has 0 fully saturated rings. The third-order valence-electron chi connectivity index (χ3n) is 3.73. The van der Waals surface area contributed by atoms with E-state index in [1.807, 2.05) is 26.0 Å². The summed E-state index contributed by atoms with van der Waals surface area (Å²) in [6, 6.07) is 7.05. The van der Waals surface area contributed by atoms with Crippen LogP contribution in [-0.2, 0) is 6.42 Å². The molecule has 1 N–H and O–H groups in total. The van der Waals surface area contributed by atoms with Crippen molar-refractivity contribution in [3.63, 3.8) is 0 Å². The molecule has 0 bridgehead atoms. The van der Waals surface area contributed by atoms with E-state index in [9.17, 15) is 13.6 Å². The van der Waals surface area contributed by atoms with Gasteiger partial charge in [0.25, 0.3) is 5.91 Å². The number of aryl methyl sites for hydroxylation is 2. The number of aromatic nitrogens is 2. The molecule has 24 heavy (non-hydrogen) atoms. The molecule has 6 heteroatoms. The van der Waals surface area contributed by atoms with Crippen molar-refractivity contribution in [1.82, 2.24) is 9.38 Å². The second-order valence-electron chi connectivity index (χ2n) is 5.67.